The first-order valence-corrected chi connectivity index (χ1v) is 11.5. The predicted molar refractivity (Wildman–Crippen MR) is 138 cm³/mol. The Morgan fingerprint density at radius 2 is 1.47 bits per heavy atom. The van der Waals surface area contributed by atoms with E-state index in [9.17, 15) is 9.59 Å². The summed E-state index contributed by atoms with van der Waals surface area (Å²) in [6.45, 7) is 0. The summed E-state index contributed by atoms with van der Waals surface area (Å²) in [7, 11) is 3.16. The molecule has 0 atom stereocenters. The van der Waals surface area contributed by atoms with Gasteiger partial charge in [-0.05, 0) is 58.6 Å². The molecule has 4 aromatic carbocycles. The Kier molecular flexibility index (Phi) is 7.00. The highest BCUT2D eigenvalue weighted by molar-refractivity contribution is 6.63. The number of methoxy groups -OCH3 is 1. The maximum absolute atomic E-state index is 12.5. The van der Waals surface area contributed by atoms with E-state index in [-0.39, 0.29) is 11.8 Å². The molecule has 0 bridgehead atoms. The molecule has 0 saturated carbocycles. The second-order valence-electron chi connectivity index (χ2n) is 7.48. The standard InChI is InChI=1S/C26H17NO3.CHCl3/c1-27-25(28)22-5-3-4-21-17(11-13-23(24(21)22)26(27)29)8-6-16-7-9-19-15-20(30-2)12-10-18(19)14-16;2-1(3)4/h3-5,7,9-15H,1-2H3;1H. The van der Waals surface area contributed by atoms with Crippen molar-refractivity contribution in [1.82, 2.24) is 4.90 Å². The van der Waals surface area contributed by atoms with Gasteiger partial charge in [-0.1, -0.05) is 70.9 Å². The molecule has 0 saturated heterocycles. The third kappa shape index (κ3) is 4.69. The van der Waals surface area contributed by atoms with Gasteiger partial charge in [0.15, 0.2) is 4.30 Å². The van der Waals surface area contributed by atoms with E-state index in [0.717, 1.165) is 37.9 Å². The lowest BCUT2D eigenvalue weighted by Crippen LogP contribution is -2.36. The van der Waals surface area contributed by atoms with Gasteiger partial charge in [0.25, 0.3) is 11.8 Å². The number of benzene rings is 4. The van der Waals surface area contributed by atoms with Crippen molar-refractivity contribution in [2.24, 2.45) is 0 Å². The third-order valence-corrected chi connectivity index (χ3v) is 5.50. The number of hydrogen-bond donors (Lipinski definition) is 0. The van der Waals surface area contributed by atoms with Crippen molar-refractivity contribution in [3.8, 4) is 17.6 Å². The molecule has 4 nitrogen and oxygen atoms in total. The highest BCUT2D eigenvalue weighted by atomic mass is 35.6. The minimum Gasteiger partial charge on any atom is -0.497 e. The molecule has 4 aromatic rings. The van der Waals surface area contributed by atoms with Crippen LogP contribution in [0.15, 0.2) is 66.7 Å². The number of halogens is 3. The van der Waals surface area contributed by atoms with E-state index >= 15 is 0 Å². The summed E-state index contributed by atoms with van der Waals surface area (Å²) in [5.74, 6) is 6.69. The third-order valence-electron chi connectivity index (χ3n) is 5.50. The minimum absolute atomic E-state index is 0.284. The molecule has 170 valence electrons. The molecule has 5 rings (SSSR count). The van der Waals surface area contributed by atoms with Crippen molar-refractivity contribution in [2.45, 2.75) is 4.30 Å². The van der Waals surface area contributed by atoms with Crippen LogP contribution < -0.4 is 4.74 Å². The normalized spacial score (nSPS) is 12.4. The Hall–Kier alpha value is -3.23. The van der Waals surface area contributed by atoms with Gasteiger partial charge in [-0.25, -0.2) is 0 Å². The zero-order valence-corrected chi connectivity index (χ0v) is 20.5. The summed E-state index contributed by atoms with van der Waals surface area (Å²) < 4.78 is 4.52. The highest BCUT2D eigenvalue weighted by Gasteiger charge is 2.30. The molecule has 34 heavy (non-hydrogen) atoms. The van der Waals surface area contributed by atoms with Crippen LogP contribution in [-0.4, -0.2) is 35.2 Å². The van der Waals surface area contributed by atoms with Crippen molar-refractivity contribution in [3.05, 3.63) is 89.0 Å². The molecule has 1 heterocycles. The fourth-order valence-corrected chi connectivity index (χ4v) is 3.89. The van der Waals surface area contributed by atoms with Gasteiger partial charge in [0, 0.05) is 34.7 Å². The fourth-order valence-electron chi connectivity index (χ4n) is 3.89. The monoisotopic (exact) mass is 509 g/mol. The number of carbonyl (C=O) groups excluding carboxylic acids is 2. The van der Waals surface area contributed by atoms with Crippen LogP contribution in [0.25, 0.3) is 21.5 Å². The molecule has 0 radical (unpaired) electrons. The average molecular weight is 511 g/mol. The zero-order valence-electron chi connectivity index (χ0n) is 18.2. The van der Waals surface area contributed by atoms with E-state index in [1.807, 2.05) is 54.6 Å². The summed E-state index contributed by atoms with van der Waals surface area (Å²) in [5, 5.41) is 3.67. The number of ether oxygens (including phenoxy) is 1. The number of imide groups is 1. The second kappa shape index (κ2) is 9.95. The summed E-state index contributed by atoms with van der Waals surface area (Å²) >= 11 is 14.4. The van der Waals surface area contributed by atoms with Gasteiger partial charge in [-0.2, -0.15) is 0 Å². The van der Waals surface area contributed by atoms with Gasteiger partial charge in [-0.3, -0.25) is 14.5 Å². The summed E-state index contributed by atoms with van der Waals surface area (Å²) in [6.07, 6.45) is 0. The van der Waals surface area contributed by atoms with Gasteiger partial charge in [0.2, 0.25) is 0 Å². The van der Waals surface area contributed by atoms with E-state index in [2.05, 4.69) is 11.8 Å². The quantitative estimate of drug-likeness (QED) is 0.164. The van der Waals surface area contributed by atoms with Gasteiger partial charge >= 0.3 is 0 Å². The van der Waals surface area contributed by atoms with Crippen LogP contribution in [0.1, 0.15) is 31.8 Å². The van der Waals surface area contributed by atoms with E-state index in [0.29, 0.717) is 16.5 Å². The molecule has 0 unspecified atom stereocenters. The molecule has 0 aromatic heterocycles. The Morgan fingerprint density at radius 1 is 0.824 bits per heavy atom. The van der Waals surface area contributed by atoms with Crippen molar-refractivity contribution in [1.29, 1.82) is 0 Å². The SMILES string of the molecule is COc1ccc2cc(C#Cc3ccc4c5c(cccc35)C(=O)N(C)C4=O)ccc2c1.ClC(Cl)Cl. The molecule has 1 aliphatic heterocycles. The van der Waals surface area contributed by atoms with E-state index in [1.165, 1.54) is 7.05 Å². The van der Waals surface area contributed by atoms with E-state index < -0.39 is 4.30 Å². The molecule has 0 fully saturated rings. The predicted octanol–water partition coefficient (Wildman–Crippen LogP) is 6.61. The summed E-state index contributed by atoms with van der Waals surface area (Å²) in [5.41, 5.74) is 2.75. The van der Waals surface area contributed by atoms with Crippen LogP contribution in [0.5, 0.6) is 5.75 Å². The number of fused-ring (bicyclic) bond motifs is 1. The maximum atomic E-state index is 12.5. The lowest BCUT2D eigenvalue weighted by Gasteiger charge is -2.23. The number of nitrogens with zero attached hydrogens (tertiary/aromatic N) is 1. The Balaban J connectivity index is 0.000000636. The molecule has 7 heteroatoms. The number of hydrogen-bond acceptors (Lipinski definition) is 3. The molecule has 0 N–H and O–H groups in total. The lowest BCUT2D eigenvalue weighted by atomic mass is 9.91. The van der Waals surface area contributed by atoms with Gasteiger partial charge in [-0.15, -0.1) is 0 Å². The van der Waals surface area contributed by atoms with Crippen molar-refractivity contribution in [3.63, 3.8) is 0 Å². The van der Waals surface area contributed by atoms with Crippen LogP contribution in [0.4, 0.5) is 0 Å². The molecule has 1 aliphatic rings. The molecule has 0 aliphatic carbocycles. The summed E-state index contributed by atoms with van der Waals surface area (Å²) in [6, 6.07) is 21.1. The molecule has 2 amide bonds. The Labute approximate surface area is 212 Å². The van der Waals surface area contributed by atoms with Crippen LogP contribution in [0.2, 0.25) is 0 Å². The van der Waals surface area contributed by atoms with Crippen molar-refractivity contribution in [2.75, 3.05) is 14.2 Å². The fraction of sp³-hybridized carbons (Fsp3) is 0.111. The highest BCUT2D eigenvalue weighted by Crippen LogP contribution is 2.31. The van der Waals surface area contributed by atoms with Crippen molar-refractivity contribution < 1.29 is 14.3 Å². The van der Waals surface area contributed by atoms with Gasteiger partial charge in [0.1, 0.15) is 5.75 Å². The van der Waals surface area contributed by atoms with E-state index in [4.69, 9.17) is 39.5 Å². The molecule has 0 spiro atoms. The first kappa shape index (κ1) is 23.9. The van der Waals surface area contributed by atoms with Crippen LogP contribution in [0, 0.1) is 11.8 Å². The molecular formula is C27H18Cl3NO3. The van der Waals surface area contributed by atoms with Crippen LogP contribution >= 0.6 is 34.8 Å². The minimum atomic E-state index is -0.750. The zero-order chi connectivity index (χ0) is 24.4. The maximum Gasteiger partial charge on any atom is 0.261 e. The Bertz CT molecular complexity index is 1480. The number of carbonyl (C=O) groups is 2. The smallest absolute Gasteiger partial charge is 0.261 e. The number of alkyl halides is 3. The van der Waals surface area contributed by atoms with E-state index in [1.54, 1.807) is 19.2 Å². The van der Waals surface area contributed by atoms with Crippen LogP contribution in [-0.2, 0) is 0 Å². The van der Waals surface area contributed by atoms with Gasteiger partial charge in [0.05, 0.1) is 7.11 Å². The first-order valence-electron chi connectivity index (χ1n) is 10.2. The Morgan fingerprint density at radius 3 is 2.18 bits per heavy atom. The largest absolute Gasteiger partial charge is 0.497 e. The van der Waals surface area contributed by atoms with Gasteiger partial charge < -0.3 is 4.74 Å². The lowest BCUT2D eigenvalue weighted by molar-refractivity contribution is 0.0650. The second-order valence-corrected chi connectivity index (χ2v) is 9.46. The van der Waals surface area contributed by atoms with Crippen molar-refractivity contribution >= 4 is 68.2 Å². The number of amides is 2. The van der Waals surface area contributed by atoms with Crippen LogP contribution in [0.3, 0.4) is 0 Å². The topological polar surface area (TPSA) is 46.6 Å². The summed E-state index contributed by atoms with van der Waals surface area (Å²) in [4.78, 5) is 26.2. The first-order chi connectivity index (χ1) is 16.3. The molecular weight excluding hydrogens is 493 g/mol. The number of rotatable bonds is 1. The average Bonchev–Trinajstić information content (AvgIpc) is 2.84.